The first-order chi connectivity index (χ1) is 8.08. The van der Waals surface area contributed by atoms with E-state index >= 15 is 0 Å². The summed E-state index contributed by atoms with van der Waals surface area (Å²) >= 11 is 3.40. The molecule has 4 heteroatoms. The van der Waals surface area contributed by atoms with E-state index in [-0.39, 0.29) is 0 Å². The second-order valence-electron chi connectivity index (χ2n) is 4.16. The van der Waals surface area contributed by atoms with Gasteiger partial charge in [0.15, 0.2) is 0 Å². The maximum Gasteiger partial charge on any atom is 0.0863 e. The van der Waals surface area contributed by atoms with Crippen molar-refractivity contribution in [2.24, 2.45) is 7.05 Å². The normalized spacial score (nSPS) is 12.7. The molecule has 90 valence electrons. The Labute approximate surface area is 109 Å². The van der Waals surface area contributed by atoms with Crippen molar-refractivity contribution in [3.05, 3.63) is 51.8 Å². The van der Waals surface area contributed by atoms with Crippen molar-refractivity contribution in [1.82, 2.24) is 9.78 Å². The molecule has 1 unspecified atom stereocenters. The predicted octanol–water partition coefficient (Wildman–Crippen LogP) is 2.77. The van der Waals surface area contributed by atoms with Crippen LogP contribution >= 0.6 is 15.9 Å². The molecule has 2 aromatic rings. The van der Waals surface area contributed by atoms with E-state index < -0.39 is 6.10 Å². The minimum atomic E-state index is -0.495. The van der Waals surface area contributed by atoms with Crippen molar-refractivity contribution in [3.63, 3.8) is 0 Å². The number of benzene rings is 1. The van der Waals surface area contributed by atoms with Crippen LogP contribution in [0.15, 0.2) is 34.9 Å². The van der Waals surface area contributed by atoms with E-state index in [1.165, 1.54) is 0 Å². The lowest BCUT2D eigenvalue weighted by Gasteiger charge is -2.10. The molecule has 1 N–H and O–H groups in total. The summed E-state index contributed by atoms with van der Waals surface area (Å²) in [6.45, 7) is 1.97. The van der Waals surface area contributed by atoms with Gasteiger partial charge in [-0.3, -0.25) is 4.68 Å². The minimum absolute atomic E-state index is 0.495. The summed E-state index contributed by atoms with van der Waals surface area (Å²) in [6.07, 6.45) is 1.85. The second-order valence-corrected chi connectivity index (χ2v) is 5.07. The Morgan fingerprint density at radius 1 is 1.35 bits per heavy atom. The van der Waals surface area contributed by atoms with E-state index in [4.69, 9.17) is 0 Å². The summed E-state index contributed by atoms with van der Waals surface area (Å²) in [5, 5.41) is 14.3. The van der Waals surface area contributed by atoms with Gasteiger partial charge < -0.3 is 5.11 Å². The summed E-state index contributed by atoms with van der Waals surface area (Å²) in [6, 6.07) is 7.99. The topological polar surface area (TPSA) is 38.1 Å². The molecule has 17 heavy (non-hydrogen) atoms. The molecule has 0 saturated heterocycles. The summed E-state index contributed by atoms with van der Waals surface area (Å²) in [4.78, 5) is 0. The molecule has 0 aliphatic carbocycles. The monoisotopic (exact) mass is 294 g/mol. The highest BCUT2D eigenvalue weighted by Crippen LogP contribution is 2.21. The quantitative estimate of drug-likeness (QED) is 0.945. The molecule has 0 aliphatic rings. The lowest BCUT2D eigenvalue weighted by molar-refractivity contribution is 0.177. The van der Waals surface area contributed by atoms with Gasteiger partial charge in [0.25, 0.3) is 0 Å². The van der Waals surface area contributed by atoms with Gasteiger partial charge in [-0.05, 0) is 24.6 Å². The van der Waals surface area contributed by atoms with Crippen LogP contribution in [0.5, 0.6) is 0 Å². The van der Waals surface area contributed by atoms with Gasteiger partial charge in [-0.2, -0.15) is 5.10 Å². The molecule has 0 bridgehead atoms. The first-order valence-corrected chi connectivity index (χ1v) is 6.28. The van der Waals surface area contributed by atoms with E-state index in [1.807, 2.05) is 38.2 Å². The van der Waals surface area contributed by atoms with Crippen molar-refractivity contribution in [2.45, 2.75) is 19.4 Å². The highest BCUT2D eigenvalue weighted by Gasteiger charge is 2.14. The number of aliphatic hydroxyl groups is 1. The molecule has 0 saturated carbocycles. The lowest BCUT2D eigenvalue weighted by atomic mass is 10.0. The van der Waals surface area contributed by atoms with Crippen LogP contribution in [-0.4, -0.2) is 14.9 Å². The average Bonchev–Trinajstić information content (AvgIpc) is 2.63. The van der Waals surface area contributed by atoms with Gasteiger partial charge in [0.2, 0.25) is 0 Å². The van der Waals surface area contributed by atoms with Gasteiger partial charge >= 0.3 is 0 Å². The van der Waals surface area contributed by atoms with Crippen molar-refractivity contribution in [2.75, 3.05) is 0 Å². The van der Waals surface area contributed by atoms with Gasteiger partial charge in [-0.25, -0.2) is 0 Å². The van der Waals surface area contributed by atoms with Crippen LogP contribution in [0.1, 0.15) is 22.9 Å². The highest BCUT2D eigenvalue weighted by molar-refractivity contribution is 9.10. The molecule has 0 radical (unpaired) electrons. The van der Waals surface area contributed by atoms with Crippen LogP contribution in [0.25, 0.3) is 0 Å². The fraction of sp³-hybridized carbons (Fsp3) is 0.308. The Morgan fingerprint density at radius 2 is 2.00 bits per heavy atom. The van der Waals surface area contributed by atoms with Crippen LogP contribution < -0.4 is 0 Å². The minimum Gasteiger partial charge on any atom is -0.388 e. The van der Waals surface area contributed by atoms with Crippen molar-refractivity contribution < 1.29 is 5.11 Å². The fourth-order valence-corrected chi connectivity index (χ4v) is 2.06. The zero-order valence-corrected chi connectivity index (χ0v) is 11.5. The molecule has 0 spiro atoms. The summed E-state index contributed by atoms with van der Waals surface area (Å²) in [5.41, 5.74) is 3.02. The number of hydrogen-bond donors (Lipinski definition) is 1. The highest BCUT2D eigenvalue weighted by atomic mass is 79.9. The molecule has 1 atom stereocenters. The lowest BCUT2D eigenvalue weighted by Crippen LogP contribution is -2.03. The molecule has 0 aliphatic heterocycles. The first-order valence-electron chi connectivity index (χ1n) is 5.49. The molecular formula is C13H15BrN2O. The predicted molar refractivity (Wildman–Crippen MR) is 70.8 cm³/mol. The molecule has 1 aromatic carbocycles. The van der Waals surface area contributed by atoms with Gasteiger partial charge in [-0.1, -0.05) is 28.1 Å². The maximum absolute atomic E-state index is 10.2. The van der Waals surface area contributed by atoms with Gasteiger partial charge in [0.1, 0.15) is 0 Å². The Bertz CT molecular complexity index is 505. The molecule has 3 nitrogen and oxygen atoms in total. The van der Waals surface area contributed by atoms with Crippen LogP contribution in [0.3, 0.4) is 0 Å². The number of aryl methyl sites for hydroxylation is 1. The summed E-state index contributed by atoms with van der Waals surface area (Å²) in [7, 11) is 1.88. The Hall–Kier alpha value is -1.13. The Kier molecular flexibility index (Phi) is 3.64. The van der Waals surface area contributed by atoms with Crippen molar-refractivity contribution in [3.8, 4) is 0 Å². The standard InChI is InChI=1S/C13H15BrN2O/c1-9-12(8-15-16(9)2)13(17)7-10-3-5-11(14)6-4-10/h3-6,8,13,17H,7H2,1-2H3. The number of nitrogens with zero attached hydrogens (tertiary/aromatic N) is 2. The second kappa shape index (κ2) is 5.02. The van der Waals surface area contributed by atoms with Gasteiger partial charge in [-0.15, -0.1) is 0 Å². The first kappa shape index (κ1) is 12.3. The molecule has 0 amide bonds. The SMILES string of the molecule is Cc1c(C(O)Cc2ccc(Br)cc2)cnn1C. The van der Waals surface area contributed by atoms with Crippen molar-refractivity contribution >= 4 is 15.9 Å². The van der Waals surface area contributed by atoms with Gasteiger partial charge in [0.05, 0.1) is 12.3 Å². The fourth-order valence-electron chi connectivity index (χ4n) is 1.80. The van der Waals surface area contributed by atoms with E-state index in [9.17, 15) is 5.11 Å². The number of hydrogen-bond acceptors (Lipinski definition) is 2. The zero-order valence-electron chi connectivity index (χ0n) is 9.89. The zero-order chi connectivity index (χ0) is 12.4. The summed E-state index contributed by atoms with van der Waals surface area (Å²) in [5.74, 6) is 0. The molecule has 0 fully saturated rings. The summed E-state index contributed by atoms with van der Waals surface area (Å²) < 4.78 is 2.83. The van der Waals surface area contributed by atoms with E-state index in [1.54, 1.807) is 10.9 Å². The molecule has 1 heterocycles. The van der Waals surface area contributed by atoms with Crippen LogP contribution in [-0.2, 0) is 13.5 Å². The number of aromatic nitrogens is 2. The third kappa shape index (κ3) is 2.76. The number of aliphatic hydroxyl groups excluding tert-OH is 1. The van der Waals surface area contributed by atoms with Crippen molar-refractivity contribution in [1.29, 1.82) is 0 Å². The molecule has 1 aromatic heterocycles. The third-order valence-corrected chi connectivity index (χ3v) is 3.50. The van der Waals surface area contributed by atoms with Crippen LogP contribution in [0, 0.1) is 6.92 Å². The van der Waals surface area contributed by atoms with E-state index in [0.717, 1.165) is 21.3 Å². The Morgan fingerprint density at radius 3 is 2.53 bits per heavy atom. The Balaban J connectivity index is 2.14. The molecular weight excluding hydrogens is 280 g/mol. The van der Waals surface area contributed by atoms with Crippen LogP contribution in [0.2, 0.25) is 0 Å². The van der Waals surface area contributed by atoms with Gasteiger partial charge in [0, 0.05) is 29.2 Å². The number of halogens is 1. The largest absolute Gasteiger partial charge is 0.388 e. The smallest absolute Gasteiger partial charge is 0.0863 e. The third-order valence-electron chi connectivity index (χ3n) is 2.97. The van der Waals surface area contributed by atoms with Crippen LogP contribution in [0.4, 0.5) is 0 Å². The molecule has 2 rings (SSSR count). The van der Waals surface area contributed by atoms with E-state index in [0.29, 0.717) is 6.42 Å². The maximum atomic E-state index is 10.2. The number of rotatable bonds is 3. The average molecular weight is 295 g/mol. The van der Waals surface area contributed by atoms with E-state index in [2.05, 4.69) is 21.0 Å².